The molecular weight excluding hydrogens is 308 g/mol. The lowest BCUT2D eigenvalue weighted by Crippen LogP contribution is -2.23. The highest BCUT2D eigenvalue weighted by Gasteiger charge is 2.17. The third-order valence-corrected chi connectivity index (χ3v) is 5.39. The molecule has 0 saturated carbocycles. The van der Waals surface area contributed by atoms with Crippen LogP contribution in [-0.2, 0) is 23.7 Å². The fraction of sp³-hybridized carbons (Fsp3) is 0.462. The molecule has 1 aromatic carbocycles. The number of aromatic nitrogens is 2. The van der Waals surface area contributed by atoms with Crippen LogP contribution < -0.4 is 5.14 Å². The Morgan fingerprint density at radius 3 is 2.52 bits per heavy atom. The highest BCUT2D eigenvalue weighted by Crippen LogP contribution is 2.22. The molecule has 2 N–H and O–H groups in total. The summed E-state index contributed by atoms with van der Waals surface area (Å²) in [5, 5.41) is 5.23. The van der Waals surface area contributed by atoms with Crippen LogP contribution in [0.5, 0.6) is 0 Å². The molecule has 0 bridgehead atoms. The number of benzene rings is 1. The van der Waals surface area contributed by atoms with Crippen LogP contribution in [0, 0.1) is 4.77 Å². The minimum atomic E-state index is -3.71. The van der Waals surface area contributed by atoms with Gasteiger partial charge in [0, 0.05) is 7.05 Å². The summed E-state index contributed by atoms with van der Waals surface area (Å²) in [7, 11) is -1.82. The van der Waals surface area contributed by atoms with Crippen molar-refractivity contribution in [2.75, 3.05) is 13.1 Å². The van der Waals surface area contributed by atoms with Crippen LogP contribution in [0.4, 0.5) is 0 Å². The number of hydrogen-bond acceptors (Lipinski definition) is 4. The van der Waals surface area contributed by atoms with Crippen LogP contribution in [0.1, 0.15) is 12.8 Å². The van der Waals surface area contributed by atoms with E-state index >= 15 is 0 Å². The highest BCUT2D eigenvalue weighted by atomic mass is 32.2. The SMILES string of the molecule is Cn1c(=S)n(CN2CCCC2)c2cc(S(N)(=O)=O)ccc21. The van der Waals surface area contributed by atoms with Gasteiger partial charge in [-0.1, -0.05) is 0 Å². The Kier molecular flexibility index (Phi) is 3.64. The van der Waals surface area contributed by atoms with E-state index in [0.717, 1.165) is 24.1 Å². The molecule has 0 aliphatic carbocycles. The number of imidazole rings is 1. The van der Waals surface area contributed by atoms with Gasteiger partial charge in [-0.3, -0.25) is 4.90 Å². The fourth-order valence-electron chi connectivity index (χ4n) is 2.83. The zero-order chi connectivity index (χ0) is 15.2. The van der Waals surface area contributed by atoms with E-state index in [9.17, 15) is 8.42 Å². The van der Waals surface area contributed by atoms with Crippen LogP contribution in [0.3, 0.4) is 0 Å². The summed E-state index contributed by atoms with van der Waals surface area (Å²) in [6, 6.07) is 4.88. The summed E-state index contributed by atoms with van der Waals surface area (Å²) in [5.74, 6) is 0. The molecule has 3 rings (SSSR count). The van der Waals surface area contributed by atoms with Crippen LogP contribution >= 0.6 is 12.2 Å². The van der Waals surface area contributed by atoms with E-state index in [4.69, 9.17) is 17.4 Å². The lowest BCUT2D eigenvalue weighted by atomic mass is 10.3. The van der Waals surface area contributed by atoms with E-state index in [1.54, 1.807) is 12.1 Å². The first-order valence-electron chi connectivity index (χ1n) is 6.82. The summed E-state index contributed by atoms with van der Waals surface area (Å²) in [5.41, 5.74) is 1.72. The quantitative estimate of drug-likeness (QED) is 0.866. The van der Waals surface area contributed by atoms with Gasteiger partial charge in [0.25, 0.3) is 0 Å². The second kappa shape index (κ2) is 5.20. The molecule has 1 fully saturated rings. The number of fused-ring (bicyclic) bond motifs is 1. The Balaban J connectivity index is 2.17. The zero-order valence-corrected chi connectivity index (χ0v) is 13.5. The van der Waals surface area contributed by atoms with Crippen molar-refractivity contribution in [3.05, 3.63) is 23.0 Å². The van der Waals surface area contributed by atoms with Gasteiger partial charge in [-0.15, -0.1) is 0 Å². The smallest absolute Gasteiger partial charge is 0.238 e. The van der Waals surface area contributed by atoms with Gasteiger partial charge in [0.05, 0.1) is 22.6 Å². The molecule has 0 atom stereocenters. The van der Waals surface area contributed by atoms with Gasteiger partial charge in [0.2, 0.25) is 10.0 Å². The lowest BCUT2D eigenvalue weighted by molar-refractivity contribution is 0.272. The van der Waals surface area contributed by atoms with E-state index in [1.165, 1.54) is 18.9 Å². The first kappa shape index (κ1) is 14.7. The molecule has 1 aliphatic rings. The molecule has 2 aromatic rings. The third kappa shape index (κ3) is 2.64. The molecule has 8 heteroatoms. The lowest BCUT2D eigenvalue weighted by Gasteiger charge is -2.16. The molecule has 0 spiro atoms. The third-order valence-electron chi connectivity index (χ3n) is 3.99. The van der Waals surface area contributed by atoms with Crippen molar-refractivity contribution in [1.29, 1.82) is 0 Å². The average molecular weight is 326 g/mol. The van der Waals surface area contributed by atoms with Gasteiger partial charge in [0.15, 0.2) is 4.77 Å². The van der Waals surface area contributed by atoms with Crippen molar-refractivity contribution < 1.29 is 8.42 Å². The molecule has 114 valence electrons. The molecule has 1 aliphatic heterocycles. The van der Waals surface area contributed by atoms with E-state index in [2.05, 4.69) is 4.90 Å². The number of hydrogen-bond donors (Lipinski definition) is 1. The van der Waals surface area contributed by atoms with Gasteiger partial charge in [-0.05, 0) is 56.3 Å². The Morgan fingerprint density at radius 2 is 1.90 bits per heavy atom. The Hall–Kier alpha value is -1.22. The maximum Gasteiger partial charge on any atom is 0.238 e. The number of nitrogens with zero attached hydrogens (tertiary/aromatic N) is 3. The minimum Gasteiger partial charge on any atom is -0.320 e. The molecule has 2 heterocycles. The maximum absolute atomic E-state index is 11.5. The molecule has 21 heavy (non-hydrogen) atoms. The van der Waals surface area contributed by atoms with Crippen molar-refractivity contribution in [2.24, 2.45) is 12.2 Å². The van der Waals surface area contributed by atoms with Gasteiger partial charge in [-0.2, -0.15) is 0 Å². The van der Waals surface area contributed by atoms with Crippen LogP contribution in [0.25, 0.3) is 11.0 Å². The first-order chi connectivity index (χ1) is 9.88. The van der Waals surface area contributed by atoms with E-state index < -0.39 is 10.0 Å². The molecule has 0 amide bonds. The molecular formula is C13H18N4O2S2. The van der Waals surface area contributed by atoms with Crippen molar-refractivity contribution in [3.8, 4) is 0 Å². The molecule has 1 aromatic heterocycles. The maximum atomic E-state index is 11.5. The van der Waals surface area contributed by atoms with Crippen LogP contribution in [0.2, 0.25) is 0 Å². The number of sulfonamides is 1. The molecule has 6 nitrogen and oxygen atoms in total. The van der Waals surface area contributed by atoms with Crippen molar-refractivity contribution in [1.82, 2.24) is 14.0 Å². The Labute approximate surface area is 128 Å². The average Bonchev–Trinajstić information content (AvgIpc) is 3.01. The predicted octanol–water partition coefficient (Wildman–Crippen LogP) is 1.41. The highest BCUT2D eigenvalue weighted by molar-refractivity contribution is 7.89. The number of rotatable bonds is 3. The molecule has 1 saturated heterocycles. The van der Waals surface area contributed by atoms with E-state index in [-0.39, 0.29) is 4.90 Å². The van der Waals surface area contributed by atoms with Gasteiger partial charge >= 0.3 is 0 Å². The number of likely N-dealkylation sites (tertiary alicyclic amines) is 1. The van der Waals surface area contributed by atoms with Crippen LogP contribution in [0.15, 0.2) is 23.1 Å². The summed E-state index contributed by atoms with van der Waals surface area (Å²) < 4.78 is 27.7. The molecule has 0 radical (unpaired) electrons. The standard InChI is InChI=1S/C13H18N4O2S2/c1-15-11-5-4-10(21(14,18)19)8-12(11)17(13(15)20)9-16-6-2-3-7-16/h4-5,8H,2-3,6-7,9H2,1H3,(H2,14,18,19). The minimum absolute atomic E-state index is 0.116. The topological polar surface area (TPSA) is 73.3 Å². The first-order valence-corrected chi connectivity index (χ1v) is 8.78. The summed E-state index contributed by atoms with van der Waals surface area (Å²) >= 11 is 5.48. The second-order valence-corrected chi connectivity index (χ2v) is 7.36. The van der Waals surface area contributed by atoms with Crippen molar-refractivity contribution >= 4 is 33.3 Å². The summed E-state index contributed by atoms with van der Waals surface area (Å²) in [6.45, 7) is 2.78. The summed E-state index contributed by atoms with van der Waals surface area (Å²) in [6.07, 6.45) is 2.39. The monoisotopic (exact) mass is 326 g/mol. The zero-order valence-electron chi connectivity index (χ0n) is 11.8. The Bertz CT molecular complexity index is 845. The van der Waals surface area contributed by atoms with Gasteiger partial charge < -0.3 is 9.13 Å². The fourth-order valence-corrected chi connectivity index (χ4v) is 3.62. The number of primary sulfonamides is 1. The largest absolute Gasteiger partial charge is 0.320 e. The van der Waals surface area contributed by atoms with Crippen molar-refractivity contribution in [2.45, 2.75) is 24.4 Å². The van der Waals surface area contributed by atoms with Crippen LogP contribution in [-0.4, -0.2) is 35.5 Å². The molecule has 0 unspecified atom stereocenters. The summed E-state index contributed by atoms with van der Waals surface area (Å²) in [4.78, 5) is 2.43. The Morgan fingerprint density at radius 1 is 1.24 bits per heavy atom. The normalized spacial score (nSPS) is 16.9. The van der Waals surface area contributed by atoms with Gasteiger partial charge in [-0.25, -0.2) is 13.6 Å². The van der Waals surface area contributed by atoms with E-state index in [0.29, 0.717) is 11.4 Å². The van der Waals surface area contributed by atoms with Gasteiger partial charge in [0.1, 0.15) is 0 Å². The number of aryl methyl sites for hydroxylation is 1. The predicted molar refractivity (Wildman–Crippen MR) is 83.9 cm³/mol. The van der Waals surface area contributed by atoms with E-state index in [1.807, 2.05) is 16.2 Å². The van der Waals surface area contributed by atoms with Crippen molar-refractivity contribution in [3.63, 3.8) is 0 Å². The number of nitrogens with two attached hydrogens (primary N) is 1. The second-order valence-electron chi connectivity index (χ2n) is 5.43.